The zero-order valence-electron chi connectivity index (χ0n) is 10.4. The van der Waals surface area contributed by atoms with Gasteiger partial charge in [-0.25, -0.2) is 0 Å². The number of Topliss-reactive ketones (excluding diaryl/α,β-unsaturated/α-hetero) is 1. The molecule has 1 aromatic rings. The molecule has 1 aliphatic carbocycles. The SMILES string of the molecule is CC1(C)O[C@@H]2[C@@H](c3cccc(Cl)c3)CC(=O)[C@@H]2O1. The Bertz CT molecular complexity index is 498. The molecule has 1 aliphatic heterocycles. The van der Waals surface area contributed by atoms with E-state index in [4.69, 9.17) is 21.1 Å². The first-order valence-corrected chi connectivity index (χ1v) is 6.48. The maximum absolute atomic E-state index is 12.0. The van der Waals surface area contributed by atoms with E-state index in [1.165, 1.54) is 0 Å². The number of rotatable bonds is 1. The van der Waals surface area contributed by atoms with Crippen molar-refractivity contribution in [3.63, 3.8) is 0 Å². The summed E-state index contributed by atoms with van der Waals surface area (Å²) in [5.74, 6) is -0.513. The van der Waals surface area contributed by atoms with Crippen molar-refractivity contribution < 1.29 is 14.3 Å². The third kappa shape index (κ3) is 1.96. The van der Waals surface area contributed by atoms with Crippen molar-refractivity contribution in [2.24, 2.45) is 0 Å². The molecule has 96 valence electrons. The van der Waals surface area contributed by atoms with E-state index in [0.29, 0.717) is 11.4 Å². The molecule has 0 N–H and O–H groups in total. The Kier molecular flexibility index (Phi) is 2.73. The average molecular weight is 267 g/mol. The summed E-state index contributed by atoms with van der Waals surface area (Å²) in [6, 6.07) is 7.61. The normalized spacial score (nSPS) is 33.7. The van der Waals surface area contributed by atoms with Gasteiger partial charge in [-0.2, -0.15) is 0 Å². The average Bonchev–Trinajstić information content (AvgIpc) is 2.74. The van der Waals surface area contributed by atoms with Crippen LogP contribution in [0.1, 0.15) is 31.7 Å². The molecule has 0 unspecified atom stereocenters. The van der Waals surface area contributed by atoms with Crippen LogP contribution in [-0.2, 0) is 14.3 Å². The van der Waals surface area contributed by atoms with Gasteiger partial charge in [0, 0.05) is 17.4 Å². The smallest absolute Gasteiger partial charge is 0.165 e. The molecular weight excluding hydrogens is 252 g/mol. The van der Waals surface area contributed by atoms with Crippen molar-refractivity contribution in [3.8, 4) is 0 Å². The Hall–Kier alpha value is -0.900. The number of ketones is 1. The second-order valence-corrected chi connectivity index (χ2v) is 5.79. The standard InChI is InChI=1S/C14H15ClO3/c1-14(2)17-12-10(7-11(16)13(12)18-14)8-4-3-5-9(15)6-8/h3-6,10,12-13H,7H2,1-2H3/t10-,12-,13+/m1/s1. The van der Waals surface area contributed by atoms with Gasteiger partial charge in [-0.3, -0.25) is 4.79 Å². The minimum atomic E-state index is -0.678. The number of carbonyl (C=O) groups excluding carboxylic acids is 1. The van der Waals surface area contributed by atoms with Crippen LogP contribution in [0.15, 0.2) is 24.3 Å². The molecule has 1 heterocycles. The van der Waals surface area contributed by atoms with Crippen molar-refractivity contribution in [1.29, 1.82) is 0 Å². The van der Waals surface area contributed by atoms with Crippen LogP contribution in [-0.4, -0.2) is 23.8 Å². The van der Waals surface area contributed by atoms with Gasteiger partial charge < -0.3 is 9.47 Å². The molecule has 0 spiro atoms. The third-order valence-corrected chi connectivity index (χ3v) is 3.78. The van der Waals surface area contributed by atoms with Gasteiger partial charge in [0.15, 0.2) is 11.6 Å². The van der Waals surface area contributed by atoms with Crippen LogP contribution in [0.4, 0.5) is 0 Å². The number of fused-ring (bicyclic) bond motifs is 1. The van der Waals surface area contributed by atoms with Gasteiger partial charge in [-0.05, 0) is 31.5 Å². The van der Waals surface area contributed by atoms with Crippen molar-refractivity contribution >= 4 is 17.4 Å². The minimum absolute atomic E-state index is 0.0444. The molecule has 0 bridgehead atoms. The van der Waals surface area contributed by atoms with Gasteiger partial charge in [-0.1, -0.05) is 23.7 Å². The predicted octanol–water partition coefficient (Wildman–Crippen LogP) is 2.92. The zero-order chi connectivity index (χ0) is 12.9. The van der Waals surface area contributed by atoms with E-state index in [-0.39, 0.29) is 17.8 Å². The largest absolute Gasteiger partial charge is 0.343 e. The number of benzene rings is 1. The van der Waals surface area contributed by atoms with Crippen molar-refractivity contribution in [3.05, 3.63) is 34.9 Å². The number of ether oxygens (including phenoxy) is 2. The fraction of sp³-hybridized carbons (Fsp3) is 0.500. The van der Waals surface area contributed by atoms with Crippen molar-refractivity contribution in [1.82, 2.24) is 0 Å². The number of halogens is 1. The van der Waals surface area contributed by atoms with E-state index >= 15 is 0 Å². The highest BCUT2D eigenvalue weighted by Gasteiger charge is 2.53. The first-order valence-electron chi connectivity index (χ1n) is 6.10. The lowest BCUT2D eigenvalue weighted by Gasteiger charge is -2.21. The molecule has 2 aliphatic rings. The Morgan fingerprint density at radius 2 is 2.11 bits per heavy atom. The van der Waals surface area contributed by atoms with Crippen LogP contribution in [0.25, 0.3) is 0 Å². The van der Waals surface area contributed by atoms with E-state index in [0.717, 1.165) is 5.56 Å². The highest BCUT2D eigenvalue weighted by Crippen LogP contribution is 2.44. The summed E-state index contributed by atoms with van der Waals surface area (Å²) < 4.78 is 11.5. The third-order valence-electron chi connectivity index (χ3n) is 3.54. The van der Waals surface area contributed by atoms with E-state index in [1.807, 2.05) is 38.1 Å². The minimum Gasteiger partial charge on any atom is -0.343 e. The fourth-order valence-corrected chi connectivity index (χ4v) is 3.02. The highest BCUT2D eigenvalue weighted by atomic mass is 35.5. The molecule has 3 nitrogen and oxygen atoms in total. The molecule has 0 amide bonds. The summed E-state index contributed by atoms with van der Waals surface area (Å²) in [7, 11) is 0. The summed E-state index contributed by atoms with van der Waals surface area (Å²) in [4.78, 5) is 12.0. The summed E-state index contributed by atoms with van der Waals surface area (Å²) in [5.41, 5.74) is 1.05. The molecule has 4 heteroatoms. The van der Waals surface area contributed by atoms with Crippen molar-refractivity contribution in [2.75, 3.05) is 0 Å². The monoisotopic (exact) mass is 266 g/mol. The lowest BCUT2D eigenvalue weighted by molar-refractivity contribution is -0.160. The van der Waals surface area contributed by atoms with E-state index in [2.05, 4.69) is 0 Å². The second kappa shape index (κ2) is 4.05. The maximum Gasteiger partial charge on any atom is 0.165 e. The van der Waals surface area contributed by atoms with Crippen LogP contribution in [0, 0.1) is 0 Å². The Balaban J connectivity index is 1.93. The molecule has 3 atom stereocenters. The van der Waals surface area contributed by atoms with Gasteiger partial charge in [0.05, 0.1) is 0 Å². The first kappa shape index (κ1) is 12.2. The number of carbonyl (C=O) groups is 1. The molecule has 18 heavy (non-hydrogen) atoms. The molecule has 0 aromatic heterocycles. The quantitative estimate of drug-likeness (QED) is 0.784. The summed E-state index contributed by atoms with van der Waals surface area (Å²) >= 11 is 6.00. The van der Waals surface area contributed by atoms with Gasteiger partial charge in [0.2, 0.25) is 0 Å². The van der Waals surface area contributed by atoms with E-state index < -0.39 is 11.9 Å². The van der Waals surface area contributed by atoms with Crippen LogP contribution in [0.5, 0.6) is 0 Å². The molecule has 2 fully saturated rings. The van der Waals surface area contributed by atoms with E-state index in [9.17, 15) is 4.79 Å². The van der Waals surface area contributed by atoms with Crippen LogP contribution in [0.3, 0.4) is 0 Å². The first-order chi connectivity index (χ1) is 8.46. The molecule has 1 aromatic carbocycles. The molecule has 1 saturated carbocycles. The molecule has 3 rings (SSSR count). The van der Waals surface area contributed by atoms with Crippen LogP contribution in [0.2, 0.25) is 5.02 Å². The Morgan fingerprint density at radius 1 is 1.33 bits per heavy atom. The Labute approximate surface area is 111 Å². The fourth-order valence-electron chi connectivity index (χ4n) is 2.83. The van der Waals surface area contributed by atoms with Gasteiger partial charge in [-0.15, -0.1) is 0 Å². The van der Waals surface area contributed by atoms with Crippen LogP contribution < -0.4 is 0 Å². The topological polar surface area (TPSA) is 35.5 Å². The second-order valence-electron chi connectivity index (χ2n) is 5.35. The molecule has 1 saturated heterocycles. The van der Waals surface area contributed by atoms with Crippen LogP contribution >= 0.6 is 11.6 Å². The highest BCUT2D eigenvalue weighted by molar-refractivity contribution is 6.30. The number of hydrogen-bond acceptors (Lipinski definition) is 3. The number of hydrogen-bond donors (Lipinski definition) is 0. The summed E-state index contributed by atoms with van der Waals surface area (Å²) in [6.45, 7) is 3.68. The zero-order valence-corrected chi connectivity index (χ0v) is 11.1. The summed E-state index contributed by atoms with van der Waals surface area (Å²) in [6.07, 6.45) is -0.152. The van der Waals surface area contributed by atoms with Crippen molar-refractivity contribution in [2.45, 2.75) is 44.2 Å². The van der Waals surface area contributed by atoms with Gasteiger partial charge in [0.25, 0.3) is 0 Å². The Morgan fingerprint density at radius 3 is 2.83 bits per heavy atom. The summed E-state index contributed by atoms with van der Waals surface area (Å²) in [5, 5.41) is 0.682. The molecule has 0 radical (unpaired) electrons. The lowest BCUT2D eigenvalue weighted by atomic mass is 9.95. The lowest BCUT2D eigenvalue weighted by Crippen LogP contribution is -2.25. The van der Waals surface area contributed by atoms with Gasteiger partial charge >= 0.3 is 0 Å². The maximum atomic E-state index is 12.0. The van der Waals surface area contributed by atoms with Gasteiger partial charge in [0.1, 0.15) is 12.2 Å². The van der Waals surface area contributed by atoms with E-state index in [1.54, 1.807) is 0 Å². The predicted molar refractivity (Wildman–Crippen MR) is 67.6 cm³/mol. The molecular formula is C14H15ClO3.